The summed E-state index contributed by atoms with van der Waals surface area (Å²) < 4.78 is 40.9. The van der Waals surface area contributed by atoms with Gasteiger partial charge in [0.25, 0.3) is 5.91 Å². The molecule has 0 aliphatic heterocycles. The fourth-order valence-electron chi connectivity index (χ4n) is 2.34. The topological polar surface area (TPSA) is 59.3 Å². The molecule has 1 aromatic carbocycles. The van der Waals surface area contributed by atoms with Gasteiger partial charge in [-0.3, -0.25) is 4.79 Å². The molecule has 2 aromatic heterocycles. The van der Waals surface area contributed by atoms with Gasteiger partial charge in [-0.15, -0.1) is 6.58 Å². The fraction of sp³-hybridized carbons (Fsp3) is 0.118. The first-order chi connectivity index (χ1) is 11.9. The summed E-state index contributed by atoms with van der Waals surface area (Å²) in [5.74, 6) is -0.569. The number of benzene rings is 1. The average molecular weight is 346 g/mol. The van der Waals surface area contributed by atoms with Crippen molar-refractivity contribution in [1.82, 2.24) is 19.9 Å². The summed E-state index contributed by atoms with van der Waals surface area (Å²) in [6, 6.07) is 9.35. The van der Waals surface area contributed by atoms with Crippen LogP contribution in [0.3, 0.4) is 0 Å². The third-order valence-corrected chi connectivity index (χ3v) is 3.48. The van der Waals surface area contributed by atoms with Crippen LogP contribution in [0.4, 0.5) is 13.2 Å². The number of aromatic nitrogens is 3. The van der Waals surface area contributed by atoms with Gasteiger partial charge in [0, 0.05) is 12.1 Å². The van der Waals surface area contributed by atoms with E-state index in [4.69, 9.17) is 0 Å². The first-order valence-electron chi connectivity index (χ1n) is 7.32. The van der Waals surface area contributed by atoms with Gasteiger partial charge in [0.15, 0.2) is 11.3 Å². The largest absolute Gasteiger partial charge is 0.433 e. The lowest BCUT2D eigenvalue weighted by atomic mass is 10.1. The Morgan fingerprint density at radius 2 is 2.00 bits per heavy atom. The number of amides is 1. The number of carbonyl (C=O) groups excluding carboxylic acids is 1. The lowest BCUT2D eigenvalue weighted by Crippen LogP contribution is -2.23. The molecular formula is C17H13F3N4O. The summed E-state index contributed by atoms with van der Waals surface area (Å²) >= 11 is 0. The summed E-state index contributed by atoms with van der Waals surface area (Å²) in [6.07, 6.45) is -2.11. The second-order valence-electron chi connectivity index (χ2n) is 5.18. The van der Waals surface area contributed by atoms with Crippen LogP contribution in [-0.2, 0) is 6.18 Å². The Kier molecular flexibility index (Phi) is 4.26. The second kappa shape index (κ2) is 6.39. The molecule has 0 saturated carbocycles. The quantitative estimate of drug-likeness (QED) is 0.737. The van der Waals surface area contributed by atoms with Crippen LogP contribution in [0.2, 0.25) is 0 Å². The van der Waals surface area contributed by atoms with Gasteiger partial charge in [-0.05, 0) is 6.07 Å². The minimum atomic E-state index is -4.65. The SMILES string of the molecule is C=CCNC(=O)c1cnn2c(C(F)(F)F)cc(-c3ccccc3)nc12. The lowest BCUT2D eigenvalue weighted by Gasteiger charge is -2.11. The molecule has 3 aromatic rings. The molecule has 1 amide bonds. The van der Waals surface area contributed by atoms with Crippen molar-refractivity contribution in [3.8, 4) is 11.3 Å². The van der Waals surface area contributed by atoms with Gasteiger partial charge in [-0.2, -0.15) is 18.3 Å². The van der Waals surface area contributed by atoms with Crippen LogP contribution >= 0.6 is 0 Å². The molecule has 0 aliphatic rings. The fourth-order valence-corrected chi connectivity index (χ4v) is 2.34. The highest BCUT2D eigenvalue weighted by atomic mass is 19.4. The number of fused-ring (bicyclic) bond motifs is 1. The van der Waals surface area contributed by atoms with Crippen molar-refractivity contribution in [2.75, 3.05) is 6.54 Å². The van der Waals surface area contributed by atoms with Crippen LogP contribution in [0.1, 0.15) is 16.1 Å². The van der Waals surface area contributed by atoms with Crippen molar-refractivity contribution in [2.24, 2.45) is 0 Å². The summed E-state index contributed by atoms with van der Waals surface area (Å²) in [5.41, 5.74) is -0.577. The van der Waals surface area contributed by atoms with E-state index in [2.05, 4.69) is 22.0 Å². The van der Waals surface area contributed by atoms with Crippen LogP contribution in [0.25, 0.3) is 16.9 Å². The maximum Gasteiger partial charge on any atom is 0.433 e. The Hall–Kier alpha value is -3.16. The van der Waals surface area contributed by atoms with E-state index in [9.17, 15) is 18.0 Å². The molecule has 2 heterocycles. The zero-order chi connectivity index (χ0) is 18.0. The minimum Gasteiger partial charge on any atom is -0.348 e. The van der Waals surface area contributed by atoms with E-state index in [1.165, 1.54) is 6.08 Å². The zero-order valence-electron chi connectivity index (χ0n) is 12.9. The van der Waals surface area contributed by atoms with Crippen LogP contribution < -0.4 is 5.32 Å². The van der Waals surface area contributed by atoms with E-state index >= 15 is 0 Å². The molecule has 0 atom stereocenters. The molecule has 0 fully saturated rings. The maximum absolute atomic E-state index is 13.4. The van der Waals surface area contributed by atoms with Gasteiger partial charge < -0.3 is 5.32 Å². The standard InChI is InChI=1S/C17H13F3N4O/c1-2-8-21-16(25)12-10-22-24-14(17(18,19)20)9-13(23-15(12)24)11-6-4-3-5-7-11/h2-7,9-10H,1,8H2,(H,21,25). The highest BCUT2D eigenvalue weighted by molar-refractivity contribution is 6.00. The molecule has 0 radical (unpaired) electrons. The molecular weight excluding hydrogens is 333 g/mol. The summed E-state index contributed by atoms with van der Waals surface area (Å²) in [6.45, 7) is 3.66. The number of nitrogens with zero attached hydrogens (tertiary/aromatic N) is 3. The normalized spacial score (nSPS) is 11.5. The van der Waals surface area contributed by atoms with E-state index in [1.807, 2.05) is 0 Å². The van der Waals surface area contributed by atoms with Gasteiger partial charge in [0.05, 0.1) is 11.9 Å². The van der Waals surface area contributed by atoms with Crippen LogP contribution in [0.15, 0.2) is 55.3 Å². The molecule has 5 nitrogen and oxygen atoms in total. The Bertz CT molecular complexity index is 932. The maximum atomic E-state index is 13.4. The van der Waals surface area contributed by atoms with Crippen LogP contribution in [-0.4, -0.2) is 27.0 Å². The second-order valence-corrected chi connectivity index (χ2v) is 5.18. The summed E-state index contributed by atoms with van der Waals surface area (Å²) in [4.78, 5) is 16.4. The monoisotopic (exact) mass is 346 g/mol. The zero-order valence-corrected chi connectivity index (χ0v) is 12.9. The molecule has 0 saturated heterocycles. The number of hydrogen-bond donors (Lipinski definition) is 1. The lowest BCUT2D eigenvalue weighted by molar-refractivity contribution is -0.142. The molecule has 1 N–H and O–H groups in total. The van der Waals surface area contributed by atoms with E-state index in [-0.39, 0.29) is 23.4 Å². The molecule has 3 rings (SSSR count). The third kappa shape index (κ3) is 3.23. The van der Waals surface area contributed by atoms with E-state index in [1.54, 1.807) is 30.3 Å². The Morgan fingerprint density at radius 3 is 2.64 bits per heavy atom. The van der Waals surface area contributed by atoms with Crippen molar-refractivity contribution >= 4 is 11.6 Å². The number of halogens is 3. The number of nitrogens with one attached hydrogen (secondary N) is 1. The van der Waals surface area contributed by atoms with Crippen molar-refractivity contribution < 1.29 is 18.0 Å². The first-order valence-corrected chi connectivity index (χ1v) is 7.32. The van der Waals surface area contributed by atoms with Gasteiger partial charge >= 0.3 is 6.18 Å². The Balaban J connectivity index is 2.23. The number of hydrogen-bond acceptors (Lipinski definition) is 3. The van der Waals surface area contributed by atoms with E-state index in [0.29, 0.717) is 10.1 Å². The molecule has 0 spiro atoms. The number of carbonyl (C=O) groups is 1. The number of alkyl halides is 3. The Morgan fingerprint density at radius 1 is 1.28 bits per heavy atom. The van der Waals surface area contributed by atoms with Crippen molar-refractivity contribution in [3.05, 3.63) is 66.5 Å². The molecule has 25 heavy (non-hydrogen) atoms. The molecule has 0 unspecified atom stereocenters. The van der Waals surface area contributed by atoms with Gasteiger partial charge in [0.2, 0.25) is 0 Å². The molecule has 0 aliphatic carbocycles. The van der Waals surface area contributed by atoms with Crippen molar-refractivity contribution in [1.29, 1.82) is 0 Å². The molecule has 128 valence electrons. The van der Waals surface area contributed by atoms with Crippen LogP contribution in [0.5, 0.6) is 0 Å². The predicted octanol–water partition coefficient (Wildman–Crippen LogP) is 3.33. The summed E-state index contributed by atoms with van der Waals surface area (Å²) in [5, 5.41) is 6.21. The first kappa shape index (κ1) is 16.7. The van der Waals surface area contributed by atoms with Gasteiger partial charge in [-0.25, -0.2) is 9.50 Å². The minimum absolute atomic E-state index is 0.0369. The van der Waals surface area contributed by atoms with E-state index in [0.717, 1.165) is 12.3 Å². The van der Waals surface area contributed by atoms with Crippen LogP contribution in [0, 0.1) is 0 Å². The predicted molar refractivity (Wildman–Crippen MR) is 86.0 cm³/mol. The van der Waals surface area contributed by atoms with E-state index < -0.39 is 17.8 Å². The third-order valence-electron chi connectivity index (χ3n) is 3.48. The highest BCUT2D eigenvalue weighted by Crippen LogP contribution is 2.32. The average Bonchev–Trinajstić information content (AvgIpc) is 3.02. The van der Waals surface area contributed by atoms with Gasteiger partial charge in [0.1, 0.15) is 5.56 Å². The van der Waals surface area contributed by atoms with Crippen molar-refractivity contribution in [2.45, 2.75) is 6.18 Å². The van der Waals surface area contributed by atoms with Crippen molar-refractivity contribution in [3.63, 3.8) is 0 Å². The van der Waals surface area contributed by atoms with Gasteiger partial charge in [-0.1, -0.05) is 36.4 Å². The smallest absolute Gasteiger partial charge is 0.348 e. The summed E-state index contributed by atoms with van der Waals surface area (Å²) in [7, 11) is 0. The highest BCUT2D eigenvalue weighted by Gasteiger charge is 2.36. The molecule has 8 heteroatoms. The Labute approximate surface area is 140 Å². The molecule has 0 bridgehead atoms. The number of rotatable bonds is 4.